The van der Waals surface area contributed by atoms with Gasteiger partial charge in [-0.15, -0.1) is 0 Å². The van der Waals surface area contributed by atoms with E-state index >= 15 is 0 Å². The lowest BCUT2D eigenvalue weighted by Crippen LogP contribution is -2.12. The van der Waals surface area contributed by atoms with Gasteiger partial charge in [0.25, 0.3) is 5.91 Å². The second-order valence-electron chi connectivity index (χ2n) is 4.02. The number of ether oxygens (including phenoxy) is 1. The number of rotatable bonds is 3. The number of hydrogen-bond donors (Lipinski definition) is 1. The topological polar surface area (TPSA) is 51.2 Å². The van der Waals surface area contributed by atoms with Crippen molar-refractivity contribution in [3.8, 4) is 5.88 Å². The number of carbonyl (C=O) groups excluding carboxylic acids is 1. The Hall–Kier alpha value is -1.88. The number of hydrogen-bond acceptors (Lipinski definition) is 3. The summed E-state index contributed by atoms with van der Waals surface area (Å²) in [5.74, 6) is 0.209. The van der Waals surface area contributed by atoms with Crippen molar-refractivity contribution in [1.82, 2.24) is 4.98 Å². The van der Waals surface area contributed by atoms with Crippen molar-refractivity contribution in [1.29, 1.82) is 0 Å². The average Bonchev–Trinajstić information content (AvgIpc) is 2.42. The van der Waals surface area contributed by atoms with Gasteiger partial charge >= 0.3 is 0 Å². The SMILES string of the molecule is COc1cc(C(=O)Nc2ccc(C)cc2Br)ccn1. The van der Waals surface area contributed by atoms with Crippen LogP contribution in [0.2, 0.25) is 0 Å². The molecule has 0 aliphatic carbocycles. The number of amides is 1. The van der Waals surface area contributed by atoms with Crippen LogP contribution in [0.15, 0.2) is 41.0 Å². The Bertz CT molecular complexity index is 614. The van der Waals surface area contributed by atoms with Gasteiger partial charge in [0.1, 0.15) is 0 Å². The van der Waals surface area contributed by atoms with E-state index in [0.717, 1.165) is 15.7 Å². The fourth-order valence-corrected chi connectivity index (χ4v) is 2.17. The molecule has 19 heavy (non-hydrogen) atoms. The van der Waals surface area contributed by atoms with Crippen LogP contribution in [0.25, 0.3) is 0 Å². The number of nitrogens with zero attached hydrogens (tertiary/aromatic N) is 1. The highest BCUT2D eigenvalue weighted by Crippen LogP contribution is 2.24. The number of anilines is 1. The average molecular weight is 321 g/mol. The summed E-state index contributed by atoms with van der Waals surface area (Å²) in [6.07, 6.45) is 1.54. The minimum absolute atomic E-state index is 0.203. The molecule has 1 aromatic carbocycles. The molecule has 2 rings (SSSR count). The van der Waals surface area contributed by atoms with Gasteiger partial charge in [0.05, 0.1) is 12.8 Å². The summed E-state index contributed by atoms with van der Waals surface area (Å²) in [5, 5.41) is 2.84. The number of methoxy groups -OCH3 is 1. The number of pyridine rings is 1. The zero-order valence-corrected chi connectivity index (χ0v) is 12.2. The molecule has 0 saturated carbocycles. The van der Waals surface area contributed by atoms with Crippen LogP contribution in [-0.2, 0) is 0 Å². The minimum atomic E-state index is -0.203. The highest BCUT2D eigenvalue weighted by atomic mass is 79.9. The summed E-state index contributed by atoms with van der Waals surface area (Å²) in [4.78, 5) is 16.1. The first kappa shape index (κ1) is 13.5. The molecule has 0 bridgehead atoms. The Morgan fingerprint density at radius 2 is 2.11 bits per heavy atom. The molecule has 0 saturated heterocycles. The van der Waals surface area contributed by atoms with E-state index in [9.17, 15) is 4.79 Å². The Kier molecular flexibility index (Phi) is 4.16. The van der Waals surface area contributed by atoms with Gasteiger partial charge in [0, 0.05) is 22.3 Å². The van der Waals surface area contributed by atoms with Crippen LogP contribution in [0, 0.1) is 6.92 Å². The Labute approximate surface area is 119 Å². The van der Waals surface area contributed by atoms with Gasteiger partial charge in [-0.2, -0.15) is 0 Å². The lowest BCUT2D eigenvalue weighted by Gasteiger charge is -2.08. The van der Waals surface area contributed by atoms with Crippen LogP contribution < -0.4 is 10.1 Å². The molecule has 0 unspecified atom stereocenters. The van der Waals surface area contributed by atoms with Gasteiger partial charge in [-0.3, -0.25) is 4.79 Å². The van der Waals surface area contributed by atoms with Gasteiger partial charge in [-0.1, -0.05) is 6.07 Å². The van der Waals surface area contributed by atoms with Crippen molar-refractivity contribution in [2.45, 2.75) is 6.92 Å². The Morgan fingerprint density at radius 3 is 2.79 bits per heavy atom. The molecule has 5 heteroatoms. The van der Waals surface area contributed by atoms with Gasteiger partial charge in [0.2, 0.25) is 5.88 Å². The van der Waals surface area contributed by atoms with E-state index < -0.39 is 0 Å². The van der Waals surface area contributed by atoms with Crippen LogP contribution in [0.3, 0.4) is 0 Å². The first-order chi connectivity index (χ1) is 9.10. The number of benzene rings is 1. The van der Waals surface area contributed by atoms with E-state index in [4.69, 9.17) is 4.74 Å². The quantitative estimate of drug-likeness (QED) is 0.942. The van der Waals surface area contributed by atoms with Gasteiger partial charge in [0.15, 0.2) is 0 Å². The summed E-state index contributed by atoms with van der Waals surface area (Å²) in [7, 11) is 1.51. The largest absolute Gasteiger partial charge is 0.481 e. The Balaban J connectivity index is 2.20. The molecule has 1 heterocycles. The van der Waals surface area contributed by atoms with E-state index in [1.54, 1.807) is 12.1 Å². The van der Waals surface area contributed by atoms with E-state index in [0.29, 0.717) is 11.4 Å². The van der Waals surface area contributed by atoms with E-state index in [2.05, 4.69) is 26.2 Å². The number of carbonyl (C=O) groups is 1. The smallest absolute Gasteiger partial charge is 0.255 e. The lowest BCUT2D eigenvalue weighted by atomic mass is 10.2. The molecule has 0 aliphatic rings. The van der Waals surface area contributed by atoms with E-state index in [-0.39, 0.29) is 5.91 Å². The molecule has 1 aromatic heterocycles. The van der Waals surface area contributed by atoms with Gasteiger partial charge < -0.3 is 10.1 Å². The molecule has 1 N–H and O–H groups in total. The third-order valence-electron chi connectivity index (χ3n) is 2.58. The first-order valence-corrected chi connectivity index (χ1v) is 6.47. The predicted molar refractivity (Wildman–Crippen MR) is 77.6 cm³/mol. The number of halogens is 1. The third-order valence-corrected chi connectivity index (χ3v) is 3.24. The fourth-order valence-electron chi connectivity index (χ4n) is 1.58. The number of aromatic nitrogens is 1. The van der Waals surface area contributed by atoms with Crippen molar-refractivity contribution < 1.29 is 9.53 Å². The number of aryl methyl sites for hydroxylation is 1. The van der Waals surface area contributed by atoms with Gasteiger partial charge in [-0.25, -0.2) is 4.98 Å². The summed E-state index contributed by atoms with van der Waals surface area (Å²) in [5.41, 5.74) is 2.35. The van der Waals surface area contributed by atoms with Crippen molar-refractivity contribution in [2.24, 2.45) is 0 Å². The first-order valence-electron chi connectivity index (χ1n) is 5.67. The maximum absolute atomic E-state index is 12.1. The van der Waals surface area contributed by atoms with Crippen molar-refractivity contribution in [2.75, 3.05) is 12.4 Å². The monoisotopic (exact) mass is 320 g/mol. The molecule has 0 atom stereocenters. The summed E-state index contributed by atoms with van der Waals surface area (Å²) in [6.45, 7) is 1.99. The molecule has 0 aliphatic heterocycles. The zero-order chi connectivity index (χ0) is 13.8. The molecular formula is C14H13BrN2O2. The highest BCUT2D eigenvalue weighted by Gasteiger charge is 2.09. The number of nitrogens with one attached hydrogen (secondary N) is 1. The summed E-state index contributed by atoms with van der Waals surface area (Å²) < 4.78 is 5.84. The molecular weight excluding hydrogens is 308 g/mol. The molecule has 2 aromatic rings. The van der Waals surface area contributed by atoms with Crippen LogP contribution in [0.5, 0.6) is 5.88 Å². The molecule has 1 amide bonds. The molecule has 4 nitrogen and oxygen atoms in total. The predicted octanol–water partition coefficient (Wildman–Crippen LogP) is 3.41. The fraction of sp³-hybridized carbons (Fsp3) is 0.143. The minimum Gasteiger partial charge on any atom is -0.481 e. The van der Waals surface area contributed by atoms with Crippen molar-refractivity contribution in [3.05, 3.63) is 52.1 Å². The summed E-state index contributed by atoms with van der Waals surface area (Å²) in [6, 6.07) is 8.98. The van der Waals surface area contributed by atoms with Crippen LogP contribution in [0.1, 0.15) is 15.9 Å². The molecule has 0 spiro atoms. The Morgan fingerprint density at radius 1 is 1.32 bits per heavy atom. The zero-order valence-electron chi connectivity index (χ0n) is 10.6. The van der Waals surface area contributed by atoms with Crippen molar-refractivity contribution >= 4 is 27.5 Å². The normalized spacial score (nSPS) is 10.1. The maximum atomic E-state index is 12.1. The van der Waals surface area contributed by atoms with Crippen LogP contribution in [-0.4, -0.2) is 18.0 Å². The van der Waals surface area contributed by atoms with Crippen molar-refractivity contribution in [3.63, 3.8) is 0 Å². The third kappa shape index (κ3) is 3.32. The standard InChI is InChI=1S/C14H13BrN2O2/c1-9-3-4-12(11(15)7-9)17-14(18)10-5-6-16-13(8-10)19-2/h3-8H,1-2H3,(H,17,18). The van der Waals surface area contributed by atoms with Gasteiger partial charge in [-0.05, 0) is 46.6 Å². The maximum Gasteiger partial charge on any atom is 0.255 e. The highest BCUT2D eigenvalue weighted by molar-refractivity contribution is 9.10. The van der Waals surface area contributed by atoms with E-state index in [1.165, 1.54) is 13.3 Å². The molecule has 98 valence electrons. The molecule has 0 fully saturated rings. The van der Waals surface area contributed by atoms with Crippen LogP contribution >= 0.6 is 15.9 Å². The second-order valence-corrected chi connectivity index (χ2v) is 4.88. The van der Waals surface area contributed by atoms with Crippen LogP contribution in [0.4, 0.5) is 5.69 Å². The molecule has 0 radical (unpaired) electrons. The summed E-state index contributed by atoms with van der Waals surface area (Å²) >= 11 is 3.42. The van der Waals surface area contributed by atoms with E-state index in [1.807, 2.05) is 25.1 Å². The second kappa shape index (κ2) is 5.84. The lowest BCUT2D eigenvalue weighted by molar-refractivity contribution is 0.102.